The van der Waals surface area contributed by atoms with E-state index in [1.807, 2.05) is 12.1 Å². The van der Waals surface area contributed by atoms with Crippen molar-refractivity contribution in [1.29, 1.82) is 0 Å². The Morgan fingerprint density at radius 1 is 0.872 bits per heavy atom. The SMILES string of the molecule is C=CCCC1CCC(c2ccc(-c3ccc(-c4ccc(OCCCCCCC)c(F)c4F)cc3)cc2F)OC1. The Hall–Kier alpha value is -3.05. The first kappa shape index (κ1) is 28.9. The van der Waals surface area contributed by atoms with Gasteiger partial charge in [-0.1, -0.05) is 75.1 Å². The fraction of sp³-hybridized carbons (Fsp3) is 0.412. The van der Waals surface area contributed by atoms with Crippen LogP contribution in [0.15, 0.2) is 67.3 Å². The van der Waals surface area contributed by atoms with Crippen LogP contribution in [0.3, 0.4) is 0 Å². The van der Waals surface area contributed by atoms with Crippen LogP contribution >= 0.6 is 0 Å². The molecule has 1 fully saturated rings. The molecule has 2 atom stereocenters. The van der Waals surface area contributed by atoms with Crippen LogP contribution < -0.4 is 4.74 Å². The number of benzene rings is 3. The van der Waals surface area contributed by atoms with Gasteiger partial charge in [-0.15, -0.1) is 6.58 Å². The second kappa shape index (κ2) is 14.4. The van der Waals surface area contributed by atoms with E-state index in [0.29, 0.717) is 30.3 Å². The quantitative estimate of drug-likeness (QED) is 0.160. The highest BCUT2D eigenvalue weighted by Gasteiger charge is 2.25. The van der Waals surface area contributed by atoms with Crippen molar-refractivity contribution in [1.82, 2.24) is 0 Å². The molecule has 0 radical (unpaired) electrons. The van der Waals surface area contributed by atoms with Crippen molar-refractivity contribution in [2.75, 3.05) is 13.2 Å². The summed E-state index contributed by atoms with van der Waals surface area (Å²) in [5, 5.41) is 0. The lowest BCUT2D eigenvalue weighted by Crippen LogP contribution is -2.21. The molecule has 0 amide bonds. The Balaban J connectivity index is 1.39. The Kier molecular flexibility index (Phi) is 10.7. The van der Waals surface area contributed by atoms with Gasteiger partial charge in [0.2, 0.25) is 5.82 Å². The number of unbranched alkanes of at least 4 members (excludes halogenated alkanes) is 4. The van der Waals surface area contributed by atoms with Gasteiger partial charge in [-0.05, 0) is 72.9 Å². The van der Waals surface area contributed by atoms with Crippen LogP contribution in [0.25, 0.3) is 22.3 Å². The predicted octanol–water partition coefficient (Wildman–Crippen LogP) is 10.2. The third kappa shape index (κ3) is 7.54. The van der Waals surface area contributed by atoms with Gasteiger partial charge < -0.3 is 9.47 Å². The van der Waals surface area contributed by atoms with Gasteiger partial charge in [-0.3, -0.25) is 0 Å². The van der Waals surface area contributed by atoms with Crippen LogP contribution in [0.5, 0.6) is 5.75 Å². The van der Waals surface area contributed by atoms with E-state index in [0.717, 1.165) is 62.5 Å². The zero-order valence-corrected chi connectivity index (χ0v) is 22.9. The molecule has 0 spiro atoms. The van der Waals surface area contributed by atoms with E-state index in [9.17, 15) is 8.78 Å². The maximum absolute atomic E-state index is 15.1. The number of rotatable bonds is 13. The highest BCUT2D eigenvalue weighted by Crippen LogP contribution is 2.36. The van der Waals surface area contributed by atoms with Crippen LogP contribution in [-0.4, -0.2) is 13.2 Å². The fourth-order valence-electron chi connectivity index (χ4n) is 5.20. The van der Waals surface area contributed by atoms with Gasteiger partial charge in [0.05, 0.1) is 19.3 Å². The Bertz CT molecular complexity index is 1210. The molecule has 5 heteroatoms. The van der Waals surface area contributed by atoms with E-state index in [-0.39, 0.29) is 23.2 Å². The molecular formula is C34H39F3O2. The molecule has 2 unspecified atom stereocenters. The summed E-state index contributed by atoms with van der Waals surface area (Å²) in [6, 6.07) is 15.3. The minimum Gasteiger partial charge on any atom is -0.490 e. The molecule has 0 aromatic heterocycles. The molecule has 208 valence electrons. The van der Waals surface area contributed by atoms with Crippen molar-refractivity contribution in [2.24, 2.45) is 5.92 Å². The second-order valence-corrected chi connectivity index (χ2v) is 10.4. The van der Waals surface area contributed by atoms with Gasteiger partial charge in [-0.2, -0.15) is 4.39 Å². The first-order chi connectivity index (χ1) is 19.0. The maximum atomic E-state index is 15.1. The summed E-state index contributed by atoms with van der Waals surface area (Å²) in [6.45, 7) is 6.93. The highest BCUT2D eigenvalue weighted by atomic mass is 19.2. The molecule has 2 nitrogen and oxygen atoms in total. The Morgan fingerprint density at radius 3 is 2.31 bits per heavy atom. The van der Waals surface area contributed by atoms with Gasteiger partial charge >= 0.3 is 0 Å². The molecule has 3 aromatic carbocycles. The molecule has 0 bridgehead atoms. The first-order valence-corrected chi connectivity index (χ1v) is 14.2. The smallest absolute Gasteiger partial charge is 0.201 e. The summed E-state index contributed by atoms with van der Waals surface area (Å²) >= 11 is 0. The molecule has 39 heavy (non-hydrogen) atoms. The van der Waals surface area contributed by atoms with Crippen molar-refractivity contribution in [3.8, 4) is 28.0 Å². The van der Waals surface area contributed by atoms with E-state index in [2.05, 4.69) is 13.5 Å². The van der Waals surface area contributed by atoms with Crippen molar-refractivity contribution in [3.05, 3.63) is 90.3 Å². The zero-order chi connectivity index (χ0) is 27.6. The van der Waals surface area contributed by atoms with Crippen LogP contribution in [0.4, 0.5) is 13.2 Å². The van der Waals surface area contributed by atoms with Gasteiger partial charge in [0.25, 0.3) is 0 Å². The summed E-state index contributed by atoms with van der Waals surface area (Å²) < 4.78 is 56.1. The second-order valence-electron chi connectivity index (χ2n) is 10.4. The van der Waals surface area contributed by atoms with Crippen LogP contribution in [0, 0.1) is 23.4 Å². The van der Waals surface area contributed by atoms with Gasteiger partial charge in [0.1, 0.15) is 5.82 Å². The summed E-state index contributed by atoms with van der Waals surface area (Å²) in [4.78, 5) is 0. The van der Waals surface area contributed by atoms with E-state index in [4.69, 9.17) is 9.47 Å². The summed E-state index contributed by atoms with van der Waals surface area (Å²) in [6.07, 6.45) is 10.8. The average Bonchev–Trinajstić information content (AvgIpc) is 2.96. The van der Waals surface area contributed by atoms with Crippen molar-refractivity contribution < 1.29 is 22.6 Å². The van der Waals surface area contributed by atoms with E-state index < -0.39 is 11.6 Å². The number of hydrogen-bond donors (Lipinski definition) is 0. The van der Waals surface area contributed by atoms with Gasteiger partial charge in [0.15, 0.2) is 11.6 Å². The molecule has 1 aliphatic heterocycles. The zero-order valence-electron chi connectivity index (χ0n) is 22.9. The Morgan fingerprint density at radius 2 is 1.62 bits per heavy atom. The van der Waals surface area contributed by atoms with Crippen LogP contribution in [0.2, 0.25) is 0 Å². The van der Waals surface area contributed by atoms with Crippen molar-refractivity contribution in [2.45, 2.75) is 70.8 Å². The molecule has 1 saturated heterocycles. The fourth-order valence-corrected chi connectivity index (χ4v) is 5.20. The molecule has 0 N–H and O–H groups in total. The minimum absolute atomic E-state index is 0.0619. The normalized spacial score (nSPS) is 17.2. The van der Waals surface area contributed by atoms with E-state index in [1.54, 1.807) is 36.4 Å². The topological polar surface area (TPSA) is 18.5 Å². The lowest BCUT2D eigenvalue weighted by Gasteiger charge is -2.29. The standard InChI is InChI=1S/C34H39F3O2/c1-3-5-7-8-9-21-38-32-20-18-28(33(36)34(32)37)26-14-12-25(13-15-26)27-16-17-29(30(35)22-27)31-19-11-24(23-39-31)10-6-4-2/h4,12-18,20,22,24,31H,2-3,5-11,19,21,23H2,1H3. The molecule has 0 saturated carbocycles. The molecular weight excluding hydrogens is 497 g/mol. The molecule has 3 aromatic rings. The maximum Gasteiger partial charge on any atom is 0.201 e. The number of ether oxygens (including phenoxy) is 2. The number of halogens is 3. The third-order valence-corrected chi connectivity index (χ3v) is 7.58. The van der Waals surface area contributed by atoms with Crippen LogP contribution in [0.1, 0.15) is 76.4 Å². The molecule has 1 aliphatic rings. The van der Waals surface area contributed by atoms with Gasteiger partial charge in [0, 0.05) is 11.1 Å². The van der Waals surface area contributed by atoms with Crippen LogP contribution in [-0.2, 0) is 4.74 Å². The first-order valence-electron chi connectivity index (χ1n) is 14.2. The van der Waals surface area contributed by atoms with Gasteiger partial charge in [-0.25, -0.2) is 8.78 Å². The molecule has 4 rings (SSSR count). The lowest BCUT2D eigenvalue weighted by molar-refractivity contribution is -0.0207. The number of allylic oxidation sites excluding steroid dienone is 1. The lowest BCUT2D eigenvalue weighted by atomic mass is 9.90. The Labute approximate surface area is 230 Å². The summed E-state index contributed by atoms with van der Waals surface area (Å²) in [5.41, 5.74) is 2.80. The molecule has 1 heterocycles. The minimum atomic E-state index is -0.972. The third-order valence-electron chi connectivity index (χ3n) is 7.58. The summed E-state index contributed by atoms with van der Waals surface area (Å²) in [5.74, 6) is -1.75. The predicted molar refractivity (Wildman–Crippen MR) is 152 cm³/mol. The monoisotopic (exact) mass is 536 g/mol. The van der Waals surface area contributed by atoms with Crippen molar-refractivity contribution in [3.63, 3.8) is 0 Å². The van der Waals surface area contributed by atoms with E-state index >= 15 is 4.39 Å². The summed E-state index contributed by atoms with van der Waals surface area (Å²) in [7, 11) is 0. The number of hydrogen-bond acceptors (Lipinski definition) is 2. The average molecular weight is 537 g/mol. The molecule has 0 aliphatic carbocycles. The largest absolute Gasteiger partial charge is 0.490 e. The van der Waals surface area contributed by atoms with E-state index in [1.165, 1.54) is 18.6 Å². The highest BCUT2D eigenvalue weighted by molar-refractivity contribution is 5.71. The van der Waals surface area contributed by atoms with Crippen molar-refractivity contribution >= 4 is 0 Å².